The van der Waals surface area contributed by atoms with E-state index in [0.717, 1.165) is 37.7 Å². The van der Waals surface area contributed by atoms with Crippen molar-refractivity contribution in [3.63, 3.8) is 0 Å². The number of benzene rings is 2. The number of hydrogen-bond acceptors (Lipinski definition) is 5. The predicted molar refractivity (Wildman–Crippen MR) is 172 cm³/mol. The Balaban J connectivity index is 1.70. The van der Waals surface area contributed by atoms with Gasteiger partial charge in [0.2, 0.25) is 0 Å². The van der Waals surface area contributed by atoms with E-state index < -0.39 is 58.8 Å². The fourth-order valence-electron chi connectivity index (χ4n) is 6.37. The van der Waals surface area contributed by atoms with E-state index in [4.69, 9.17) is 0 Å². The van der Waals surface area contributed by atoms with Crippen LogP contribution in [0.4, 0.5) is 17.6 Å². The molecule has 1 aromatic heterocycles. The van der Waals surface area contributed by atoms with Gasteiger partial charge in [0, 0.05) is 25.5 Å². The number of likely N-dealkylation sites (tertiary alicyclic amines) is 1. The third-order valence-electron chi connectivity index (χ3n) is 9.00. The van der Waals surface area contributed by atoms with E-state index in [1.165, 1.54) is 16.8 Å². The number of carboxylic acids is 1. The van der Waals surface area contributed by atoms with E-state index >= 15 is 4.39 Å². The maximum atomic E-state index is 15.7. The van der Waals surface area contributed by atoms with E-state index in [1.807, 2.05) is 13.8 Å². The highest BCUT2D eigenvalue weighted by Crippen LogP contribution is 2.41. The number of halogens is 4. The zero-order valence-corrected chi connectivity index (χ0v) is 27.6. The molecule has 2 aromatic carbocycles. The Hall–Kier alpha value is -3.86. The highest BCUT2D eigenvalue weighted by Gasteiger charge is 2.37. The number of carbonyl (C=O) groups is 2. The van der Waals surface area contributed by atoms with Gasteiger partial charge in [0.1, 0.15) is 11.9 Å². The van der Waals surface area contributed by atoms with Crippen LogP contribution >= 0.6 is 0 Å². The number of carboxylic acid groups (broad SMARTS) is 1. The lowest BCUT2D eigenvalue weighted by molar-refractivity contribution is -0.140. The molecule has 2 heterocycles. The SMILES string of the molecule is Cc1cc(=O)n([C@@H](CC(C)C)C(=O)CC[C@@H](CC(=O)O)c2cc(-c3c(C)cccc3C)cc(C(F)(F)F)c2F)nc1CCN1CCC1. The summed E-state index contributed by atoms with van der Waals surface area (Å²) in [6.45, 7) is 11.8. The minimum absolute atomic E-state index is 0.0147. The second-order valence-electron chi connectivity index (χ2n) is 13.1. The number of aryl methyl sites for hydroxylation is 3. The second-order valence-corrected chi connectivity index (χ2v) is 13.1. The number of Topliss-reactive ketones (excluding diaryl/α,β-unsaturated/α-hetero) is 1. The molecule has 0 radical (unpaired) electrons. The summed E-state index contributed by atoms with van der Waals surface area (Å²) in [5.74, 6) is -4.55. The third-order valence-corrected chi connectivity index (χ3v) is 9.00. The molecular weight excluding hydrogens is 614 g/mol. The zero-order valence-electron chi connectivity index (χ0n) is 27.6. The van der Waals surface area contributed by atoms with Gasteiger partial charge in [-0.25, -0.2) is 9.07 Å². The summed E-state index contributed by atoms with van der Waals surface area (Å²) in [4.78, 5) is 41.2. The van der Waals surface area contributed by atoms with Crippen molar-refractivity contribution in [1.82, 2.24) is 14.7 Å². The van der Waals surface area contributed by atoms with Crippen molar-refractivity contribution in [2.45, 2.75) is 91.3 Å². The molecule has 4 rings (SSSR count). The number of nitrogens with zero attached hydrogens (tertiary/aromatic N) is 3. The maximum Gasteiger partial charge on any atom is 0.419 e. The number of aromatic nitrogens is 2. The van der Waals surface area contributed by atoms with Gasteiger partial charge in [-0.1, -0.05) is 32.0 Å². The molecule has 3 aromatic rings. The van der Waals surface area contributed by atoms with Crippen LogP contribution in [0.3, 0.4) is 0 Å². The lowest BCUT2D eigenvalue weighted by Crippen LogP contribution is -2.39. The number of alkyl halides is 3. The summed E-state index contributed by atoms with van der Waals surface area (Å²) in [6, 6.07) is 7.76. The molecule has 0 bridgehead atoms. The molecule has 2 atom stereocenters. The van der Waals surface area contributed by atoms with Crippen LogP contribution < -0.4 is 5.56 Å². The maximum absolute atomic E-state index is 15.7. The Labute approximate surface area is 272 Å². The lowest BCUT2D eigenvalue weighted by Gasteiger charge is -2.30. The van der Waals surface area contributed by atoms with Gasteiger partial charge in [0.05, 0.1) is 17.7 Å². The first-order valence-electron chi connectivity index (χ1n) is 16.1. The molecule has 47 heavy (non-hydrogen) atoms. The van der Waals surface area contributed by atoms with Crippen LogP contribution in [0.15, 0.2) is 41.2 Å². The van der Waals surface area contributed by atoms with Gasteiger partial charge < -0.3 is 10.0 Å². The highest BCUT2D eigenvalue weighted by atomic mass is 19.4. The first-order valence-corrected chi connectivity index (χ1v) is 16.1. The fraction of sp³-hybridized carbons (Fsp3) is 0.500. The van der Waals surface area contributed by atoms with E-state index in [-0.39, 0.29) is 30.7 Å². The molecule has 1 fully saturated rings. The van der Waals surface area contributed by atoms with Crippen LogP contribution in [0.5, 0.6) is 0 Å². The number of hydrogen-bond donors (Lipinski definition) is 1. The summed E-state index contributed by atoms with van der Waals surface area (Å²) in [5.41, 5.74) is 1.05. The quantitative estimate of drug-likeness (QED) is 0.181. The minimum Gasteiger partial charge on any atom is -0.481 e. The van der Waals surface area contributed by atoms with Crippen LogP contribution in [0.25, 0.3) is 11.1 Å². The van der Waals surface area contributed by atoms with Gasteiger partial charge in [0.25, 0.3) is 5.56 Å². The standard InChI is InChI=1S/C36H43F4N3O4/c1-21(2)16-30(43-32(45)17-24(5)29(41-43)12-15-42-13-7-14-42)31(44)11-10-25(20-33(46)47)27-18-26(19-28(35(27)37)36(38,39)40)34-22(3)8-6-9-23(34)4/h6,8-9,17-19,21,25,30H,7,10-16,20H2,1-5H3,(H,46,47)/t25-,30-/m0/s1. The molecule has 0 spiro atoms. The molecular formula is C36H43F4N3O4. The van der Waals surface area contributed by atoms with Crippen LogP contribution in [-0.2, 0) is 22.2 Å². The number of carbonyl (C=O) groups excluding carboxylic acids is 1. The van der Waals surface area contributed by atoms with Gasteiger partial charge in [-0.2, -0.15) is 18.3 Å². The molecule has 1 aliphatic heterocycles. The van der Waals surface area contributed by atoms with Crippen LogP contribution in [0.1, 0.15) is 91.4 Å². The first kappa shape index (κ1) is 36.0. The number of rotatable bonds is 14. The highest BCUT2D eigenvalue weighted by molar-refractivity contribution is 5.82. The Kier molecular flexibility index (Phi) is 11.4. The molecule has 11 heteroatoms. The summed E-state index contributed by atoms with van der Waals surface area (Å²) in [7, 11) is 0. The van der Waals surface area contributed by atoms with Crippen LogP contribution in [0, 0.1) is 32.5 Å². The van der Waals surface area contributed by atoms with Crippen molar-refractivity contribution in [2.75, 3.05) is 19.6 Å². The lowest BCUT2D eigenvalue weighted by atomic mass is 9.84. The molecule has 1 aliphatic rings. The summed E-state index contributed by atoms with van der Waals surface area (Å²) in [6.07, 6.45) is -4.22. The van der Waals surface area contributed by atoms with Crippen LogP contribution in [-0.4, -0.2) is 51.2 Å². The Morgan fingerprint density at radius 2 is 1.68 bits per heavy atom. The zero-order chi connectivity index (χ0) is 34.6. The second kappa shape index (κ2) is 14.9. The smallest absolute Gasteiger partial charge is 0.419 e. The van der Waals surface area contributed by atoms with Gasteiger partial charge in [0.15, 0.2) is 5.78 Å². The third kappa shape index (κ3) is 8.74. The largest absolute Gasteiger partial charge is 0.481 e. The van der Waals surface area contributed by atoms with Gasteiger partial charge >= 0.3 is 12.1 Å². The van der Waals surface area contributed by atoms with E-state index in [9.17, 15) is 32.7 Å². The minimum atomic E-state index is -5.04. The summed E-state index contributed by atoms with van der Waals surface area (Å²) < 4.78 is 59.4. The Morgan fingerprint density at radius 1 is 1.02 bits per heavy atom. The molecule has 0 saturated carbocycles. The Morgan fingerprint density at radius 3 is 2.23 bits per heavy atom. The average molecular weight is 658 g/mol. The normalized spacial score (nSPS) is 15.0. The summed E-state index contributed by atoms with van der Waals surface area (Å²) >= 11 is 0. The molecule has 254 valence electrons. The Bertz CT molecular complexity index is 1660. The van der Waals surface area contributed by atoms with Crippen molar-refractivity contribution in [2.24, 2.45) is 5.92 Å². The van der Waals surface area contributed by atoms with E-state index in [1.54, 1.807) is 39.0 Å². The average Bonchev–Trinajstić information content (AvgIpc) is 2.94. The van der Waals surface area contributed by atoms with Crippen LogP contribution in [0.2, 0.25) is 0 Å². The molecule has 7 nitrogen and oxygen atoms in total. The van der Waals surface area contributed by atoms with Crippen molar-refractivity contribution in [3.05, 3.63) is 86.1 Å². The van der Waals surface area contributed by atoms with Crippen molar-refractivity contribution in [3.8, 4) is 11.1 Å². The van der Waals surface area contributed by atoms with E-state index in [0.29, 0.717) is 28.8 Å². The van der Waals surface area contributed by atoms with Crippen molar-refractivity contribution < 1.29 is 32.3 Å². The van der Waals surface area contributed by atoms with E-state index in [2.05, 4.69) is 10.00 Å². The number of ketones is 1. The molecule has 0 unspecified atom stereocenters. The molecule has 0 aliphatic carbocycles. The molecule has 0 amide bonds. The predicted octanol–water partition coefficient (Wildman–Crippen LogP) is 7.44. The van der Waals surface area contributed by atoms with Gasteiger partial charge in [-0.3, -0.25) is 14.4 Å². The topological polar surface area (TPSA) is 92.5 Å². The van der Waals surface area contributed by atoms with Gasteiger partial charge in [-0.05, 0) is 110 Å². The first-order chi connectivity index (χ1) is 22.1. The van der Waals surface area contributed by atoms with Gasteiger partial charge in [-0.15, -0.1) is 0 Å². The van der Waals surface area contributed by atoms with Crippen molar-refractivity contribution >= 4 is 11.8 Å². The van der Waals surface area contributed by atoms with Crippen molar-refractivity contribution in [1.29, 1.82) is 0 Å². The molecule has 1 saturated heterocycles. The fourth-order valence-corrected chi connectivity index (χ4v) is 6.37. The molecule has 1 N–H and O–H groups in total. The summed E-state index contributed by atoms with van der Waals surface area (Å²) in [5, 5.41) is 14.3. The number of aliphatic carboxylic acids is 1. The monoisotopic (exact) mass is 657 g/mol.